The van der Waals surface area contributed by atoms with E-state index in [1.807, 2.05) is 4.68 Å². The monoisotopic (exact) mass is 448 g/mol. The molecule has 2 saturated heterocycles. The first-order valence-corrected chi connectivity index (χ1v) is 11.6. The minimum atomic E-state index is 0. The number of hydrogen-bond donors (Lipinski definition) is 0. The van der Waals surface area contributed by atoms with Gasteiger partial charge in [-0.1, -0.05) is 31.9 Å². The zero-order chi connectivity index (χ0) is 20.9. The lowest BCUT2D eigenvalue weighted by Gasteiger charge is -2.40. The first kappa shape index (κ1) is 24.0. The van der Waals surface area contributed by atoms with Gasteiger partial charge in [0.2, 0.25) is 0 Å². The van der Waals surface area contributed by atoms with E-state index in [1.165, 1.54) is 29.7 Å². The fourth-order valence-corrected chi connectivity index (χ4v) is 4.79. The summed E-state index contributed by atoms with van der Waals surface area (Å²) in [5.41, 5.74) is 4.14. The Balaban J connectivity index is 0.00000272. The third-order valence-corrected chi connectivity index (χ3v) is 6.76. The van der Waals surface area contributed by atoms with Crippen molar-refractivity contribution in [2.24, 2.45) is 0 Å². The number of aromatic nitrogens is 4. The number of unbranched alkanes of at least 4 members (excludes halogenated alkanes) is 1. The number of halogens is 1. The van der Waals surface area contributed by atoms with Crippen molar-refractivity contribution < 1.29 is 4.74 Å². The van der Waals surface area contributed by atoms with E-state index >= 15 is 0 Å². The molecule has 172 valence electrons. The summed E-state index contributed by atoms with van der Waals surface area (Å²) in [6.07, 6.45) is 5.97. The summed E-state index contributed by atoms with van der Waals surface area (Å²) in [6, 6.07) is 6.91. The summed E-state index contributed by atoms with van der Waals surface area (Å²) in [5, 5.41) is 12.8. The zero-order valence-electron chi connectivity index (χ0n) is 19.2. The first-order chi connectivity index (χ1) is 14.7. The highest BCUT2D eigenvalue weighted by atomic mass is 35.5. The highest BCUT2D eigenvalue weighted by Crippen LogP contribution is 2.29. The van der Waals surface area contributed by atoms with E-state index in [-0.39, 0.29) is 24.6 Å². The van der Waals surface area contributed by atoms with Crippen LogP contribution in [0.15, 0.2) is 18.2 Å². The first-order valence-electron chi connectivity index (χ1n) is 11.6. The molecule has 0 N–H and O–H groups in total. The number of aryl methyl sites for hydroxylation is 1. The maximum atomic E-state index is 5.83. The number of tetrazole rings is 1. The van der Waals surface area contributed by atoms with Crippen molar-refractivity contribution in [2.75, 3.05) is 37.7 Å². The van der Waals surface area contributed by atoms with Gasteiger partial charge in [-0.15, -0.1) is 17.5 Å². The van der Waals surface area contributed by atoms with Crippen LogP contribution in [0.1, 0.15) is 62.0 Å². The minimum absolute atomic E-state index is 0. The molecule has 7 nitrogen and oxygen atoms in total. The lowest BCUT2D eigenvalue weighted by Crippen LogP contribution is -2.48. The quantitative estimate of drug-likeness (QED) is 0.609. The second kappa shape index (κ2) is 11.2. The van der Waals surface area contributed by atoms with Gasteiger partial charge in [-0.3, -0.25) is 4.90 Å². The molecule has 0 aliphatic carbocycles. The summed E-state index contributed by atoms with van der Waals surface area (Å²) < 4.78 is 7.84. The van der Waals surface area contributed by atoms with Crippen molar-refractivity contribution in [3.8, 4) is 0 Å². The number of nitrogens with zero attached hydrogens (tertiary/aromatic N) is 6. The molecule has 1 aromatic heterocycles. The van der Waals surface area contributed by atoms with E-state index in [1.54, 1.807) is 0 Å². The molecule has 2 fully saturated rings. The SMILES string of the molecule is CCCCC(c1nnnn1CC1CCCO1)N1CCN(c2cccc(C)c2C)CC1.Cl. The van der Waals surface area contributed by atoms with Gasteiger partial charge in [-0.2, -0.15) is 0 Å². The maximum Gasteiger partial charge on any atom is 0.168 e. The number of piperazine rings is 1. The maximum absolute atomic E-state index is 5.83. The number of rotatable bonds is 8. The van der Waals surface area contributed by atoms with Crippen LogP contribution in [0.2, 0.25) is 0 Å². The van der Waals surface area contributed by atoms with Gasteiger partial charge in [-0.05, 0) is 60.7 Å². The van der Waals surface area contributed by atoms with Crippen LogP contribution in [0.25, 0.3) is 0 Å². The largest absolute Gasteiger partial charge is 0.376 e. The molecule has 0 radical (unpaired) electrons. The Morgan fingerprint density at radius 3 is 2.68 bits per heavy atom. The normalized spacial score (nSPS) is 20.6. The lowest BCUT2D eigenvalue weighted by atomic mass is 10.0. The van der Waals surface area contributed by atoms with Crippen molar-refractivity contribution >= 4 is 18.1 Å². The highest BCUT2D eigenvalue weighted by Gasteiger charge is 2.30. The summed E-state index contributed by atoms with van der Waals surface area (Å²) in [7, 11) is 0. The van der Waals surface area contributed by atoms with Gasteiger partial charge in [0.25, 0.3) is 0 Å². The van der Waals surface area contributed by atoms with Gasteiger partial charge in [0.05, 0.1) is 18.7 Å². The second-order valence-corrected chi connectivity index (χ2v) is 8.75. The van der Waals surface area contributed by atoms with Crippen LogP contribution in [0.3, 0.4) is 0 Å². The molecule has 2 aromatic rings. The summed E-state index contributed by atoms with van der Waals surface area (Å²) in [6.45, 7) is 12.5. The fourth-order valence-electron chi connectivity index (χ4n) is 4.79. The number of benzene rings is 1. The molecule has 0 amide bonds. The van der Waals surface area contributed by atoms with E-state index in [0.717, 1.165) is 64.4 Å². The molecule has 4 rings (SSSR count). The molecule has 0 spiro atoms. The number of anilines is 1. The Kier molecular flexibility index (Phi) is 8.69. The Morgan fingerprint density at radius 1 is 1.16 bits per heavy atom. The van der Waals surface area contributed by atoms with Crippen LogP contribution in [0.4, 0.5) is 5.69 Å². The van der Waals surface area contributed by atoms with E-state index in [0.29, 0.717) is 0 Å². The Morgan fingerprint density at radius 2 is 1.97 bits per heavy atom. The van der Waals surface area contributed by atoms with Gasteiger partial charge >= 0.3 is 0 Å². The predicted molar refractivity (Wildman–Crippen MR) is 126 cm³/mol. The van der Waals surface area contributed by atoms with Gasteiger partial charge in [0, 0.05) is 38.5 Å². The lowest BCUT2D eigenvalue weighted by molar-refractivity contribution is 0.0890. The average Bonchev–Trinajstić information content (AvgIpc) is 3.44. The Hall–Kier alpha value is -1.70. The molecule has 0 bridgehead atoms. The fraction of sp³-hybridized carbons (Fsp3) is 0.696. The summed E-state index contributed by atoms with van der Waals surface area (Å²) in [4.78, 5) is 5.13. The molecule has 8 heteroatoms. The van der Waals surface area contributed by atoms with Gasteiger partial charge in [0.1, 0.15) is 0 Å². The van der Waals surface area contributed by atoms with Crippen molar-refractivity contribution in [3.63, 3.8) is 0 Å². The molecule has 3 heterocycles. The molecular weight excluding hydrogens is 412 g/mol. The molecule has 2 aliphatic heterocycles. The molecule has 2 atom stereocenters. The molecule has 31 heavy (non-hydrogen) atoms. The van der Waals surface area contributed by atoms with E-state index in [2.05, 4.69) is 64.3 Å². The number of ether oxygens (including phenoxy) is 1. The smallest absolute Gasteiger partial charge is 0.168 e. The molecule has 1 aromatic carbocycles. The van der Waals surface area contributed by atoms with E-state index in [9.17, 15) is 0 Å². The highest BCUT2D eigenvalue weighted by molar-refractivity contribution is 5.85. The van der Waals surface area contributed by atoms with Crippen molar-refractivity contribution in [3.05, 3.63) is 35.2 Å². The Labute approximate surface area is 192 Å². The molecule has 0 saturated carbocycles. The summed E-state index contributed by atoms with van der Waals surface area (Å²) in [5.74, 6) is 1.01. The average molecular weight is 449 g/mol. The second-order valence-electron chi connectivity index (χ2n) is 8.75. The standard InChI is InChI=1S/C23H36N6O.ClH/c1-4-5-10-22(23-24-25-26-29(23)17-20-9-7-16-30-20)28-14-12-27(13-15-28)21-11-6-8-18(2)19(21)3;/h6,8,11,20,22H,4-5,7,9-10,12-17H2,1-3H3;1H. The molecule has 2 aliphatic rings. The third-order valence-electron chi connectivity index (χ3n) is 6.76. The van der Waals surface area contributed by atoms with Crippen molar-refractivity contribution in [1.29, 1.82) is 0 Å². The van der Waals surface area contributed by atoms with Crippen LogP contribution >= 0.6 is 12.4 Å². The van der Waals surface area contributed by atoms with Crippen molar-refractivity contribution in [2.45, 2.75) is 71.6 Å². The Bertz CT molecular complexity index is 814. The molecular formula is C23H37ClN6O. The van der Waals surface area contributed by atoms with E-state index in [4.69, 9.17) is 4.74 Å². The van der Waals surface area contributed by atoms with Crippen LogP contribution in [-0.2, 0) is 11.3 Å². The van der Waals surface area contributed by atoms with Gasteiger partial charge in [-0.25, -0.2) is 4.68 Å². The predicted octanol–water partition coefficient (Wildman–Crippen LogP) is 3.94. The van der Waals surface area contributed by atoms with Crippen molar-refractivity contribution in [1.82, 2.24) is 25.1 Å². The van der Waals surface area contributed by atoms with Gasteiger partial charge in [0.15, 0.2) is 5.82 Å². The van der Waals surface area contributed by atoms with Crippen LogP contribution in [0, 0.1) is 13.8 Å². The van der Waals surface area contributed by atoms with E-state index < -0.39 is 0 Å². The topological polar surface area (TPSA) is 59.3 Å². The van der Waals surface area contributed by atoms with Crippen LogP contribution in [-0.4, -0.2) is 64.0 Å². The minimum Gasteiger partial charge on any atom is -0.376 e. The zero-order valence-corrected chi connectivity index (χ0v) is 20.0. The van der Waals surface area contributed by atoms with Gasteiger partial charge < -0.3 is 9.64 Å². The summed E-state index contributed by atoms with van der Waals surface area (Å²) >= 11 is 0. The number of hydrogen-bond acceptors (Lipinski definition) is 6. The van der Waals surface area contributed by atoms with Crippen LogP contribution < -0.4 is 4.90 Å². The third kappa shape index (κ3) is 5.57. The van der Waals surface area contributed by atoms with Crippen LogP contribution in [0.5, 0.6) is 0 Å². The molecule has 2 unspecified atom stereocenters.